The number of carbonyl (C=O) groups is 2. The van der Waals surface area contributed by atoms with Gasteiger partial charge in [-0.3, -0.25) is 4.79 Å². The van der Waals surface area contributed by atoms with Crippen molar-refractivity contribution in [2.45, 2.75) is 13.1 Å². The molecule has 0 bridgehead atoms. The van der Waals surface area contributed by atoms with Gasteiger partial charge in [0.25, 0.3) is 0 Å². The number of amides is 2. The molecule has 1 aromatic rings. The maximum Gasteiger partial charge on any atom is 0.416 e. The lowest BCUT2D eigenvalue weighted by Gasteiger charge is -2.09. The number of nitrogens with one attached hydrogen (secondary N) is 2. The summed E-state index contributed by atoms with van der Waals surface area (Å²) in [7, 11) is 0. The van der Waals surface area contributed by atoms with Crippen LogP contribution in [0, 0.1) is 0 Å². The molecule has 20 heavy (non-hydrogen) atoms. The predicted octanol–water partition coefficient (Wildman–Crippen LogP) is 2.39. The minimum atomic E-state index is -4.43. The first kappa shape index (κ1) is 15.8. The Morgan fingerprint density at radius 1 is 1.20 bits per heavy atom. The van der Waals surface area contributed by atoms with E-state index in [1.807, 2.05) is 0 Å². The van der Waals surface area contributed by atoms with Crippen LogP contribution in [0.4, 0.5) is 23.7 Å². The summed E-state index contributed by atoms with van der Waals surface area (Å²) < 4.78 is 41.5. The van der Waals surface area contributed by atoms with E-state index in [4.69, 9.17) is 0 Å². The number of esters is 1. The minimum absolute atomic E-state index is 0.180. The van der Waals surface area contributed by atoms with E-state index in [-0.39, 0.29) is 18.8 Å². The Labute approximate surface area is 113 Å². The van der Waals surface area contributed by atoms with Crippen molar-refractivity contribution in [3.05, 3.63) is 29.8 Å². The van der Waals surface area contributed by atoms with E-state index >= 15 is 0 Å². The summed E-state index contributed by atoms with van der Waals surface area (Å²) in [5.74, 6) is -0.602. The highest BCUT2D eigenvalue weighted by molar-refractivity contribution is 5.91. The molecule has 0 aliphatic carbocycles. The second-order valence-corrected chi connectivity index (χ2v) is 3.69. The van der Waals surface area contributed by atoms with Crippen molar-refractivity contribution in [3.8, 4) is 0 Å². The smallest absolute Gasteiger partial charge is 0.416 e. The molecule has 2 N–H and O–H groups in total. The molecule has 0 aliphatic heterocycles. The summed E-state index contributed by atoms with van der Waals surface area (Å²) in [5.41, 5.74) is -0.630. The van der Waals surface area contributed by atoms with E-state index in [2.05, 4.69) is 15.4 Å². The molecule has 0 heterocycles. The molecule has 0 unspecified atom stereocenters. The van der Waals surface area contributed by atoms with Crippen molar-refractivity contribution < 1.29 is 27.5 Å². The van der Waals surface area contributed by atoms with Crippen LogP contribution in [0.15, 0.2) is 24.3 Å². The number of ether oxygens (including phenoxy) is 1. The second-order valence-electron chi connectivity index (χ2n) is 3.69. The van der Waals surface area contributed by atoms with E-state index in [0.29, 0.717) is 0 Å². The number of hydrogen-bond acceptors (Lipinski definition) is 3. The van der Waals surface area contributed by atoms with Gasteiger partial charge in [-0.05, 0) is 31.2 Å². The molecule has 1 rings (SSSR count). The Balaban J connectivity index is 2.48. The van der Waals surface area contributed by atoms with Crippen molar-refractivity contribution in [2.24, 2.45) is 0 Å². The van der Waals surface area contributed by atoms with Gasteiger partial charge in [0.1, 0.15) is 6.54 Å². The fraction of sp³-hybridized carbons (Fsp3) is 0.333. The maximum atomic E-state index is 12.3. The van der Waals surface area contributed by atoms with Gasteiger partial charge in [0, 0.05) is 5.69 Å². The summed E-state index contributed by atoms with van der Waals surface area (Å²) in [6.45, 7) is 1.50. The highest BCUT2D eigenvalue weighted by Gasteiger charge is 2.29. The predicted molar refractivity (Wildman–Crippen MR) is 65.1 cm³/mol. The van der Waals surface area contributed by atoms with E-state index in [9.17, 15) is 22.8 Å². The molecule has 1 aromatic carbocycles. The van der Waals surface area contributed by atoms with Crippen LogP contribution in [0.3, 0.4) is 0 Å². The first-order valence-electron chi connectivity index (χ1n) is 5.70. The van der Waals surface area contributed by atoms with Gasteiger partial charge in [0.15, 0.2) is 0 Å². The Morgan fingerprint density at radius 3 is 2.30 bits per heavy atom. The third-order valence-electron chi connectivity index (χ3n) is 2.17. The third kappa shape index (κ3) is 5.17. The van der Waals surface area contributed by atoms with Gasteiger partial charge in [-0.1, -0.05) is 0 Å². The number of alkyl halides is 3. The molecule has 0 saturated carbocycles. The Bertz CT molecular complexity index is 472. The summed E-state index contributed by atoms with van der Waals surface area (Å²) in [4.78, 5) is 22.3. The number of urea groups is 1. The highest BCUT2D eigenvalue weighted by atomic mass is 19.4. The largest absolute Gasteiger partial charge is 0.465 e. The topological polar surface area (TPSA) is 67.4 Å². The van der Waals surface area contributed by atoms with Gasteiger partial charge >= 0.3 is 18.2 Å². The van der Waals surface area contributed by atoms with Crippen LogP contribution in [-0.2, 0) is 15.7 Å². The van der Waals surface area contributed by atoms with Crippen LogP contribution in [0.1, 0.15) is 12.5 Å². The van der Waals surface area contributed by atoms with Crippen molar-refractivity contribution in [1.82, 2.24) is 5.32 Å². The molecular weight excluding hydrogens is 277 g/mol. The normalized spacial score (nSPS) is 10.8. The summed E-state index contributed by atoms with van der Waals surface area (Å²) in [5, 5.41) is 4.51. The van der Waals surface area contributed by atoms with E-state index in [0.717, 1.165) is 24.3 Å². The molecule has 110 valence electrons. The van der Waals surface area contributed by atoms with Crippen LogP contribution in [0.5, 0.6) is 0 Å². The lowest BCUT2D eigenvalue weighted by molar-refractivity contribution is -0.141. The van der Waals surface area contributed by atoms with Gasteiger partial charge in [-0.25, -0.2) is 4.79 Å². The number of benzene rings is 1. The maximum absolute atomic E-state index is 12.3. The van der Waals surface area contributed by atoms with Gasteiger partial charge in [0.2, 0.25) is 0 Å². The zero-order valence-corrected chi connectivity index (χ0v) is 10.6. The van der Waals surface area contributed by atoms with Gasteiger partial charge < -0.3 is 15.4 Å². The molecular formula is C12H13F3N2O3. The number of halogens is 3. The Morgan fingerprint density at radius 2 is 1.80 bits per heavy atom. The molecule has 2 amide bonds. The van der Waals surface area contributed by atoms with E-state index in [1.54, 1.807) is 6.92 Å². The molecule has 5 nitrogen and oxygen atoms in total. The number of hydrogen-bond donors (Lipinski definition) is 2. The van der Waals surface area contributed by atoms with Crippen LogP contribution < -0.4 is 10.6 Å². The lowest BCUT2D eigenvalue weighted by atomic mass is 10.2. The van der Waals surface area contributed by atoms with E-state index in [1.165, 1.54) is 0 Å². The number of carbonyl (C=O) groups excluding carboxylic acids is 2. The highest BCUT2D eigenvalue weighted by Crippen LogP contribution is 2.29. The van der Waals surface area contributed by atoms with Crippen LogP contribution >= 0.6 is 0 Å². The van der Waals surface area contributed by atoms with Crippen LogP contribution in [0.2, 0.25) is 0 Å². The Kier molecular flexibility index (Phi) is 5.36. The van der Waals surface area contributed by atoms with Crippen molar-refractivity contribution in [2.75, 3.05) is 18.5 Å². The minimum Gasteiger partial charge on any atom is -0.465 e. The third-order valence-corrected chi connectivity index (χ3v) is 2.17. The van der Waals surface area contributed by atoms with Gasteiger partial charge in [-0.15, -0.1) is 0 Å². The first-order chi connectivity index (χ1) is 9.32. The first-order valence-corrected chi connectivity index (χ1v) is 5.70. The summed E-state index contributed by atoms with van der Waals surface area (Å²) >= 11 is 0. The molecule has 0 spiro atoms. The molecule has 0 fully saturated rings. The fourth-order valence-corrected chi connectivity index (χ4v) is 1.28. The zero-order chi connectivity index (χ0) is 15.2. The lowest BCUT2D eigenvalue weighted by Crippen LogP contribution is -2.34. The zero-order valence-electron chi connectivity index (χ0n) is 10.6. The van der Waals surface area contributed by atoms with Crippen molar-refractivity contribution in [1.29, 1.82) is 0 Å². The molecule has 0 aliphatic rings. The molecule has 0 atom stereocenters. The average Bonchev–Trinajstić information content (AvgIpc) is 2.36. The summed E-state index contributed by atoms with van der Waals surface area (Å²) in [6.07, 6.45) is -4.43. The van der Waals surface area contributed by atoms with Crippen LogP contribution in [-0.4, -0.2) is 25.2 Å². The Hall–Kier alpha value is -2.25. The number of rotatable bonds is 4. The van der Waals surface area contributed by atoms with Crippen molar-refractivity contribution in [3.63, 3.8) is 0 Å². The van der Waals surface area contributed by atoms with Gasteiger partial charge in [0.05, 0.1) is 12.2 Å². The van der Waals surface area contributed by atoms with Crippen LogP contribution in [0.25, 0.3) is 0 Å². The fourth-order valence-electron chi connectivity index (χ4n) is 1.28. The average molecular weight is 290 g/mol. The van der Waals surface area contributed by atoms with Gasteiger partial charge in [-0.2, -0.15) is 13.2 Å². The molecule has 0 radical (unpaired) electrons. The second kappa shape index (κ2) is 6.78. The molecule has 0 saturated heterocycles. The van der Waals surface area contributed by atoms with Crippen molar-refractivity contribution >= 4 is 17.7 Å². The SMILES string of the molecule is CCOC(=O)CNC(=O)Nc1ccc(C(F)(F)F)cc1. The standard InChI is InChI=1S/C12H13F3N2O3/c1-2-20-10(18)7-16-11(19)17-9-5-3-8(4-6-9)12(13,14)15/h3-6H,2,7H2,1H3,(H2,16,17,19). The molecule has 0 aromatic heterocycles. The molecule has 8 heteroatoms. The summed E-state index contributed by atoms with van der Waals surface area (Å²) in [6, 6.07) is 3.22. The quantitative estimate of drug-likeness (QED) is 0.837. The number of anilines is 1. The van der Waals surface area contributed by atoms with E-state index < -0.39 is 23.7 Å². The monoisotopic (exact) mass is 290 g/mol.